The predicted molar refractivity (Wildman–Crippen MR) is 37.5 cm³/mol. The summed E-state index contributed by atoms with van der Waals surface area (Å²) in [5.74, 6) is 0. The SMILES string of the molecule is O=[N+]([O-])c1c(Cl)c[nH]c1Cl. The van der Waals surface area contributed by atoms with Gasteiger partial charge in [0.2, 0.25) is 0 Å². The van der Waals surface area contributed by atoms with Crippen LogP contribution in [0.5, 0.6) is 0 Å². The molecule has 0 amide bonds. The zero-order chi connectivity index (χ0) is 7.72. The maximum Gasteiger partial charge on any atom is 0.324 e. The lowest BCUT2D eigenvalue weighted by molar-refractivity contribution is -0.384. The molecule has 1 aromatic rings. The Balaban J connectivity index is 3.23. The third kappa shape index (κ3) is 1.08. The van der Waals surface area contributed by atoms with E-state index in [1.807, 2.05) is 0 Å². The molecule has 0 radical (unpaired) electrons. The van der Waals surface area contributed by atoms with Crippen LogP contribution in [0.3, 0.4) is 0 Å². The summed E-state index contributed by atoms with van der Waals surface area (Å²) in [7, 11) is 0. The highest BCUT2D eigenvalue weighted by Crippen LogP contribution is 2.30. The normalized spacial score (nSPS) is 9.80. The van der Waals surface area contributed by atoms with Crippen molar-refractivity contribution >= 4 is 28.9 Å². The van der Waals surface area contributed by atoms with Crippen molar-refractivity contribution in [2.45, 2.75) is 0 Å². The Morgan fingerprint density at radius 3 is 2.40 bits per heavy atom. The van der Waals surface area contributed by atoms with Crippen molar-refractivity contribution in [3.63, 3.8) is 0 Å². The quantitative estimate of drug-likeness (QED) is 0.533. The van der Waals surface area contributed by atoms with E-state index in [0.29, 0.717) is 0 Å². The number of aromatic nitrogens is 1. The Bertz CT molecular complexity index is 251. The Morgan fingerprint density at radius 2 is 2.20 bits per heavy atom. The molecule has 1 aromatic heterocycles. The summed E-state index contributed by atoms with van der Waals surface area (Å²) in [4.78, 5) is 11.9. The van der Waals surface area contributed by atoms with Gasteiger partial charge in [-0.05, 0) is 0 Å². The summed E-state index contributed by atoms with van der Waals surface area (Å²) < 4.78 is 0. The van der Waals surface area contributed by atoms with E-state index < -0.39 is 4.92 Å². The van der Waals surface area contributed by atoms with Crippen LogP contribution in [0.15, 0.2) is 6.20 Å². The first-order valence-electron chi connectivity index (χ1n) is 2.29. The Morgan fingerprint density at radius 1 is 1.60 bits per heavy atom. The maximum atomic E-state index is 10.1. The molecule has 4 nitrogen and oxygen atoms in total. The molecule has 1 rings (SSSR count). The van der Waals surface area contributed by atoms with Crippen molar-refractivity contribution < 1.29 is 4.92 Å². The Kier molecular flexibility index (Phi) is 1.82. The highest BCUT2D eigenvalue weighted by atomic mass is 35.5. The predicted octanol–water partition coefficient (Wildman–Crippen LogP) is 2.23. The molecule has 6 heteroatoms. The zero-order valence-electron chi connectivity index (χ0n) is 4.60. The second-order valence-electron chi connectivity index (χ2n) is 1.56. The van der Waals surface area contributed by atoms with Gasteiger partial charge in [-0.3, -0.25) is 10.1 Å². The fraction of sp³-hybridized carbons (Fsp3) is 0. The first-order valence-corrected chi connectivity index (χ1v) is 3.05. The summed E-state index contributed by atoms with van der Waals surface area (Å²) >= 11 is 10.7. The first kappa shape index (κ1) is 7.37. The number of hydrogen-bond donors (Lipinski definition) is 1. The molecule has 0 saturated carbocycles. The molecular formula is C4H2Cl2N2O2. The van der Waals surface area contributed by atoms with Crippen LogP contribution in [0.2, 0.25) is 10.2 Å². The molecule has 10 heavy (non-hydrogen) atoms. The minimum absolute atomic E-state index is 0.0231. The van der Waals surface area contributed by atoms with Crippen LogP contribution < -0.4 is 0 Å². The van der Waals surface area contributed by atoms with Gasteiger partial charge in [0.25, 0.3) is 0 Å². The minimum atomic E-state index is -0.638. The first-order chi connectivity index (χ1) is 4.63. The standard InChI is InChI=1S/C4H2Cl2N2O2/c5-2-1-7-4(6)3(2)8(9)10/h1,7H. The number of rotatable bonds is 1. The summed E-state index contributed by atoms with van der Waals surface area (Å²) in [6.45, 7) is 0. The van der Waals surface area contributed by atoms with E-state index in [-0.39, 0.29) is 15.9 Å². The van der Waals surface area contributed by atoms with E-state index in [9.17, 15) is 10.1 Å². The van der Waals surface area contributed by atoms with Gasteiger partial charge < -0.3 is 4.98 Å². The summed E-state index contributed by atoms with van der Waals surface area (Å²) in [6, 6.07) is 0. The highest BCUT2D eigenvalue weighted by Gasteiger charge is 2.18. The molecule has 0 spiro atoms. The van der Waals surface area contributed by atoms with Crippen LogP contribution in [-0.4, -0.2) is 9.91 Å². The molecule has 0 atom stereocenters. The molecule has 54 valence electrons. The number of H-pyrrole nitrogens is 1. The number of nitro groups is 1. The molecule has 0 aliphatic heterocycles. The second kappa shape index (κ2) is 2.48. The molecule has 1 N–H and O–H groups in total. The summed E-state index contributed by atoms with van der Waals surface area (Å²) in [5.41, 5.74) is -0.275. The number of nitrogens with zero attached hydrogens (tertiary/aromatic N) is 1. The number of halogens is 2. The molecule has 1 heterocycles. The monoisotopic (exact) mass is 180 g/mol. The van der Waals surface area contributed by atoms with Gasteiger partial charge in [0.05, 0.1) is 4.92 Å². The molecule has 0 fully saturated rings. The topological polar surface area (TPSA) is 58.9 Å². The molecular weight excluding hydrogens is 179 g/mol. The average Bonchev–Trinajstić information content (AvgIpc) is 2.11. The number of nitrogens with one attached hydrogen (secondary N) is 1. The van der Waals surface area contributed by atoms with E-state index >= 15 is 0 Å². The van der Waals surface area contributed by atoms with Crippen molar-refractivity contribution in [3.05, 3.63) is 26.5 Å². The number of hydrogen-bond acceptors (Lipinski definition) is 2. The van der Waals surface area contributed by atoms with Gasteiger partial charge in [-0.25, -0.2) is 0 Å². The summed E-state index contributed by atoms with van der Waals surface area (Å²) in [6.07, 6.45) is 1.27. The van der Waals surface area contributed by atoms with Gasteiger partial charge in [-0.1, -0.05) is 23.2 Å². The van der Waals surface area contributed by atoms with Crippen molar-refractivity contribution in [2.75, 3.05) is 0 Å². The third-order valence-corrected chi connectivity index (χ3v) is 1.52. The highest BCUT2D eigenvalue weighted by molar-refractivity contribution is 6.37. The summed E-state index contributed by atoms with van der Waals surface area (Å²) in [5, 5.41) is 10.1. The van der Waals surface area contributed by atoms with E-state index in [0.717, 1.165) is 0 Å². The fourth-order valence-electron chi connectivity index (χ4n) is 0.536. The zero-order valence-corrected chi connectivity index (χ0v) is 6.11. The lowest BCUT2D eigenvalue weighted by atomic mass is 10.5. The molecule has 0 aromatic carbocycles. The van der Waals surface area contributed by atoms with Crippen molar-refractivity contribution in [1.29, 1.82) is 0 Å². The lowest BCUT2D eigenvalue weighted by Crippen LogP contribution is -1.85. The van der Waals surface area contributed by atoms with Crippen molar-refractivity contribution in [3.8, 4) is 0 Å². The Hall–Kier alpha value is -0.740. The van der Waals surface area contributed by atoms with Crippen LogP contribution in [0, 0.1) is 10.1 Å². The van der Waals surface area contributed by atoms with Crippen molar-refractivity contribution in [2.24, 2.45) is 0 Å². The van der Waals surface area contributed by atoms with Gasteiger partial charge in [-0.2, -0.15) is 0 Å². The third-order valence-electron chi connectivity index (χ3n) is 0.942. The minimum Gasteiger partial charge on any atom is -0.345 e. The lowest BCUT2D eigenvalue weighted by Gasteiger charge is -1.84. The van der Waals surface area contributed by atoms with Crippen molar-refractivity contribution in [1.82, 2.24) is 4.98 Å². The van der Waals surface area contributed by atoms with Gasteiger partial charge in [0, 0.05) is 6.20 Å². The van der Waals surface area contributed by atoms with E-state index in [2.05, 4.69) is 4.98 Å². The molecule has 0 aliphatic rings. The van der Waals surface area contributed by atoms with Crippen LogP contribution >= 0.6 is 23.2 Å². The van der Waals surface area contributed by atoms with Gasteiger partial charge >= 0.3 is 5.69 Å². The number of aromatic amines is 1. The van der Waals surface area contributed by atoms with E-state index in [1.165, 1.54) is 6.20 Å². The van der Waals surface area contributed by atoms with Gasteiger partial charge in [0.1, 0.15) is 5.02 Å². The van der Waals surface area contributed by atoms with Crippen LogP contribution in [-0.2, 0) is 0 Å². The smallest absolute Gasteiger partial charge is 0.324 e. The maximum absolute atomic E-state index is 10.1. The van der Waals surface area contributed by atoms with Gasteiger partial charge in [-0.15, -0.1) is 0 Å². The molecule has 0 bridgehead atoms. The van der Waals surface area contributed by atoms with E-state index in [1.54, 1.807) is 0 Å². The van der Waals surface area contributed by atoms with Crippen LogP contribution in [0.4, 0.5) is 5.69 Å². The molecule has 0 aliphatic carbocycles. The second-order valence-corrected chi connectivity index (χ2v) is 2.34. The largest absolute Gasteiger partial charge is 0.345 e. The van der Waals surface area contributed by atoms with Crippen LogP contribution in [0.1, 0.15) is 0 Å². The average molecular weight is 181 g/mol. The Labute approximate surface area is 65.9 Å². The van der Waals surface area contributed by atoms with Gasteiger partial charge in [0.15, 0.2) is 5.15 Å². The van der Waals surface area contributed by atoms with E-state index in [4.69, 9.17) is 23.2 Å². The molecule has 0 unspecified atom stereocenters. The molecule has 0 saturated heterocycles. The van der Waals surface area contributed by atoms with Crippen LogP contribution in [0.25, 0.3) is 0 Å². The fourth-order valence-corrected chi connectivity index (χ4v) is 1.03.